The molecule has 1 N–H and O–H groups in total. The molecule has 2 heterocycles. The van der Waals surface area contributed by atoms with Gasteiger partial charge in [-0.3, -0.25) is 9.59 Å². The van der Waals surface area contributed by atoms with Gasteiger partial charge in [0.15, 0.2) is 0 Å². The lowest BCUT2D eigenvalue weighted by atomic mass is 9.90. The number of hydrogen-bond donors (Lipinski definition) is 1. The van der Waals surface area contributed by atoms with E-state index >= 15 is 0 Å². The number of amides is 1. The number of ether oxygens (including phenoxy) is 2. The van der Waals surface area contributed by atoms with Crippen molar-refractivity contribution < 1.29 is 24.2 Å². The van der Waals surface area contributed by atoms with Crippen molar-refractivity contribution in [1.29, 1.82) is 0 Å². The van der Waals surface area contributed by atoms with Crippen LogP contribution in [0, 0.1) is 5.92 Å². The van der Waals surface area contributed by atoms with Crippen LogP contribution in [-0.2, 0) is 9.53 Å². The molecule has 0 radical (unpaired) electrons. The summed E-state index contributed by atoms with van der Waals surface area (Å²) < 4.78 is 11.2. The second kappa shape index (κ2) is 7.87. The van der Waals surface area contributed by atoms with Crippen molar-refractivity contribution in [2.45, 2.75) is 44.8 Å². The van der Waals surface area contributed by atoms with Crippen LogP contribution < -0.4 is 4.74 Å². The zero-order chi connectivity index (χ0) is 17.8. The molecule has 0 unspecified atom stereocenters. The number of hydrogen-bond acceptors (Lipinski definition) is 4. The largest absolute Gasteiger partial charge is 0.490 e. The van der Waals surface area contributed by atoms with E-state index in [9.17, 15) is 14.7 Å². The molecule has 6 nitrogen and oxygen atoms in total. The molecular formula is C19H25NO5. The van der Waals surface area contributed by atoms with Gasteiger partial charge in [0.25, 0.3) is 5.91 Å². The normalized spacial score (nSPS) is 24.8. The van der Waals surface area contributed by atoms with Gasteiger partial charge >= 0.3 is 5.97 Å². The number of carbonyl (C=O) groups is 2. The van der Waals surface area contributed by atoms with E-state index in [1.54, 1.807) is 17.0 Å². The third-order valence-corrected chi connectivity index (χ3v) is 5.14. The Morgan fingerprint density at radius 2 is 1.84 bits per heavy atom. The molecule has 1 aromatic rings. The first-order valence-electron chi connectivity index (χ1n) is 8.94. The number of rotatable bonds is 4. The highest BCUT2D eigenvalue weighted by molar-refractivity contribution is 5.95. The van der Waals surface area contributed by atoms with Crippen LogP contribution in [0.1, 0.15) is 43.0 Å². The summed E-state index contributed by atoms with van der Waals surface area (Å²) in [4.78, 5) is 25.8. The minimum absolute atomic E-state index is 0.115. The van der Waals surface area contributed by atoms with Crippen molar-refractivity contribution in [1.82, 2.24) is 4.90 Å². The van der Waals surface area contributed by atoms with Gasteiger partial charge < -0.3 is 19.5 Å². The van der Waals surface area contributed by atoms with Crippen LogP contribution in [0.15, 0.2) is 24.3 Å². The number of piperidine rings is 1. The van der Waals surface area contributed by atoms with Gasteiger partial charge in [0.1, 0.15) is 11.9 Å². The van der Waals surface area contributed by atoms with Crippen molar-refractivity contribution in [3.05, 3.63) is 29.8 Å². The molecule has 0 spiro atoms. The maximum atomic E-state index is 12.8. The molecule has 3 rings (SSSR count). The standard InChI is InChI=1S/C19H25NO5/c1-13-17(19(22)23)3-2-10-20(13)18(21)14-4-6-15(7-5-14)25-16-8-11-24-12-9-16/h4-7,13,16-17H,2-3,8-12H2,1H3,(H,22,23)/t13-,17-/m1/s1. The van der Waals surface area contributed by atoms with E-state index < -0.39 is 11.9 Å². The number of aliphatic carboxylic acids is 1. The maximum Gasteiger partial charge on any atom is 0.308 e. The number of benzene rings is 1. The van der Waals surface area contributed by atoms with Gasteiger partial charge in [-0.05, 0) is 44.0 Å². The summed E-state index contributed by atoms with van der Waals surface area (Å²) in [7, 11) is 0. The fourth-order valence-corrected chi connectivity index (χ4v) is 3.59. The Bertz CT molecular complexity index is 609. The molecule has 2 atom stereocenters. The third kappa shape index (κ3) is 4.12. The van der Waals surface area contributed by atoms with Gasteiger partial charge in [-0.2, -0.15) is 0 Å². The van der Waals surface area contributed by atoms with Gasteiger partial charge in [0, 0.05) is 31.0 Å². The SMILES string of the molecule is C[C@@H]1[C@H](C(=O)O)CCCN1C(=O)c1ccc(OC2CCOCC2)cc1. The van der Waals surface area contributed by atoms with Crippen molar-refractivity contribution in [2.24, 2.45) is 5.92 Å². The molecule has 1 aromatic carbocycles. The average molecular weight is 347 g/mol. The van der Waals surface area contributed by atoms with Crippen LogP contribution in [0.5, 0.6) is 5.75 Å². The molecular weight excluding hydrogens is 322 g/mol. The third-order valence-electron chi connectivity index (χ3n) is 5.14. The Morgan fingerprint density at radius 1 is 1.16 bits per heavy atom. The number of likely N-dealkylation sites (tertiary alicyclic amines) is 1. The number of carbonyl (C=O) groups excluding carboxylic acids is 1. The van der Waals surface area contributed by atoms with E-state index in [4.69, 9.17) is 9.47 Å². The number of nitrogens with zero attached hydrogens (tertiary/aromatic N) is 1. The summed E-state index contributed by atoms with van der Waals surface area (Å²) in [6.45, 7) is 3.86. The van der Waals surface area contributed by atoms with Crippen molar-refractivity contribution in [3.63, 3.8) is 0 Å². The van der Waals surface area contributed by atoms with E-state index in [2.05, 4.69) is 0 Å². The molecule has 136 valence electrons. The number of carboxylic acids is 1. The van der Waals surface area contributed by atoms with Crippen molar-refractivity contribution >= 4 is 11.9 Å². The molecule has 2 fully saturated rings. The van der Waals surface area contributed by atoms with E-state index in [0.717, 1.165) is 38.2 Å². The molecule has 0 saturated carbocycles. The fourth-order valence-electron chi connectivity index (χ4n) is 3.59. The van der Waals surface area contributed by atoms with Crippen molar-refractivity contribution in [2.75, 3.05) is 19.8 Å². The second-order valence-electron chi connectivity index (χ2n) is 6.78. The monoisotopic (exact) mass is 347 g/mol. The van der Waals surface area contributed by atoms with Gasteiger partial charge in [-0.1, -0.05) is 0 Å². The molecule has 6 heteroatoms. The summed E-state index contributed by atoms with van der Waals surface area (Å²) in [5, 5.41) is 9.31. The van der Waals surface area contributed by atoms with E-state index in [1.165, 1.54) is 0 Å². The predicted molar refractivity (Wildman–Crippen MR) is 91.8 cm³/mol. The molecule has 0 aliphatic carbocycles. The second-order valence-corrected chi connectivity index (χ2v) is 6.78. The van der Waals surface area contributed by atoms with Crippen molar-refractivity contribution in [3.8, 4) is 5.75 Å². The zero-order valence-electron chi connectivity index (χ0n) is 14.5. The molecule has 25 heavy (non-hydrogen) atoms. The Kier molecular flexibility index (Phi) is 5.58. The summed E-state index contributed by atoms with van der Waals surface area (Å²) in [6, 6.07) is 6.84. The van der Waals surface area contributed by atoms with Crippen LogP contribution in [0.3, 0.4) is 0 Å². The first-order valence-corrected chi connectivity index (χ1v) is 8.94. The topological polar surface area (TPSA) is 76.1 Å². The molecule has 0 aromatic heterocycles. The van der Waals surface area contributed by atoms with E-state index in [0.29, 0.717) is 18.5 Å². The van der Waals surface area contributed by atoms with Crippen LogP contribution in [0.4, 0.5) is 0 Å². The lowest BCUT2D eigenvalue weighted by Gasteiger charge is -2.37. The highest BCUT2D eigenvalue weighted by Gasteiger charge is 2.35. The van der Waals surface area contributed by atoms with Crippen LogP contribution >= 0.6 is 0 Å². The first-order chi connectivity index (χ1) is 12.1. The molecule has 2 aliphatic heterocycles. The average Bonchev–Trinajstić information content (AvgIpc) is 2.62. The predicted octanol–water partition coefficient (Wildman–Crippen LogP) is 2.57. The molecule has 2 aliphatic rings. The summed E-state index contributed by atoms with van der Waals surface area (Å²) in [5.74, 6) is -0.686. The van der Waals surface area contributed by atoms with Gasteiger partial charge in [0.05, 0.1) is 19.1 Å². The number of carboxylic acid groups (broad SMARTS) is 1. The Balaban J connectivity index is 1.64. The summed E-state index contributed by atoms with van der Waals surface area (Å²) >= 11 is 0. The summed E-state index contributed by atoms with van der Waals surface area (Å²) in [6.07, 6.45) is 3.26. The highest BCUT2D eigenvalue weighted by Crippen LogP contribution is 2.26. The van der Waals surface area contributed by atoms with Gasteiger partial charge in [-0.15, -0.1) is 0 Å². The lowest BCUT2D eigenvalue weighted by Crippen LogP contribution is -2.49. The minimum Gasteiger partial charge on any atom is -0.490 e. The molecule has 2 saturated heterocycles. The highest BCUT2D eigenvalue weighted by atomic mass is 16.5. The molecule has 0 bridgehead atoms. The lowest BCUT2D eigenvalue weighted by molar-refractivity contribution is -0.144. The fraction of sp³-hybridized carbons (Fsp3) is 0.579. The maximum absolute atomic E-state index is 12.8. The Morgan fingerprint density at radius 3 is 2.48 bits per heavy atom. The van der Waals surface area contributed by atoms with E-state index in [-0.39, 0.29) is 18.1 Å². The quantitative estimate of drug-likeness (QED) is 0.906. The summed E-state index contributed by atoms with van der Waals surface area (Å²) in [5.41, 5.74) is 0.567. The zero-order valence-corrected chi connectivity index (χ0v) is 14.5. The smallest absolute Gasteiger partial charge is 0.308 e. The van der Waals surface area contributed by atoms with Crippen LogP contribution in [0.2, 0.25) is 0 Å². The minimum atomic E-state index is -0.829. The van der Waals surface area contributed by atoms with Crippen LogP contribution in [0.25, 0.3) is 0 Å². The van der Waals surface area contributed by atoms with Gasteiger partial charge in [-0.25, -0.2) is 0 Å². The molecule has 1 amide bonds. The Hall–Kier alpha value is -2.08. The van der Waals surface area contributed by atoms with E-state index in [1.807, 2.05) is 19.1 Å². The van der Waals surface area contributed by atoms with Crippen LogP contribution in [-0.4, -0.2) is 53.8 Å². The Labute approximate surface area is 147 Å². The van der Waals surface area contributed by atoms with Gasteiger partial charge in [0.2, 0.25) is 0 Å². The first kappa shape index (κ1) is 17.7.